The van der Waals surface area contributed by atoms with Gasteiger partial charge in [-0.2, -0.15) is 0 Å². The highest BCUT2D eigenvalue weighted by molar-refractivity contribution is 5.84. The number of aliphatic hydroxyl groups is 1. The van der Waals surface area contributed by atoms with Gasteiger partial charge in [-0.3, -0.25) is 4.79 Å². The van der Waals surface area contributed by atoms with Crippen molar-refractivity contribution in [3.8, 4) is 0 Å². The molecule has 3 N–H and O–H groups in total. The zero-order chi connectivity index (χ0) is 6.57. The lowest BCUT2D eigenvalue weighted by molar-refractivity contribution is -0.123. The van der Waals surface area contributed by atoms with E-state index in [2.05, 4.69) is 0 Å². The van der Waals surface area contributed by atoms with Crippen molar-refractivity contribution < 1.29 is 9.90 Å². The molecule has 0 heterocycles. The minimum absolute atomic E-state index is 0.285. The molecule has 0 fully saturated rings. The van der Waals surface area contributed by atoms with Gasteiger partial charge in [-0.25, -0.2) is 0 Å². The molecule has 0 rings (SSSR count). The fraction of sp³-hybridized carbons (Fsp3) is 0.800. The number of Topliss-reactive ketones (excluding diaryl/α,β-unsaturated/α-hetero) is 1. The Morgan fingerprint density at radius 3 is 2.50 bits per heavy atom. The Labute approximate surface area is 48.5 Å². The second kappa shape index (κ2) is 3.57. The molecule has 0 saturated carbocycles. The molecule has 0 bridgehead atoms. The molecule has 1 atom stereocenters. The lowest BCUT2D eigenvalue weighted by atomic mass is 10.2. The highest BCUT2D eigenvalue weighted by Gasteiger charge is 2.07. The fourth-order valence-corrected chi connectivity index (χ4v) is 0.345. The summed E-state index contributed by atoms with van der Waals surface area (Å²) in [7, 11) is 0. The van der Waals surface area contributed by atoms with E-state index >= 15 is 0 Å². The van der Waals surface area contributed by atoms with Gasteiger partial charge >= 0.3 is 0 Å². The minimum atomic E-state index is -0.472. The van der Waals surface area contributed by atoms with E-state index in [0.29, 0.717) is 6.42 Å². The monoisotopic (exact) mass is 117 g/mol. The number of nitrogens with two attached hydrogens (primary N) is 1. The topological polar surface area (TPSA) is 63.3 Å². The van der Waals surface area contributed by atoms with Crippen LogP contribution in [0.25, 0.3) is 0 Å². The fourth-order valence-electron chi connectivity index (χ4n) is 0.345. The molecule has 3 nitrogen and oxygen atoms in total. The van der Waals surface area contributed by atoms with Crippen LogP contribution in [0.2, 0.25) is 0 Å². The Morgan fingerprint density at radius 1 is 1.88 bits per heavy atom. The van der Waals surface area contributed by atoms with Gasteiger partial charge in [-0.1, -0.05) is 6.92 Å². The van der Waals surface area contributed by atoms with Gasteiger partial charge in [0.2, 0.25) is 0 Å². The van der Waals surface area contributed by atoms with Crippen LogP contribution < -0.4 is 5.73 Å². The average molecular weight is 117 g/mol. The molecule has 0 aliphatic carbocycles. The number of ketones is 1. The first-order valence-electron chi connectivity index (χ1n) is 2.61. The van der Waals surface area contributed by atoms with E-state index in [1.165, 1.54) is 0 Å². The molecule has 8 heavy (non-hydrogen) atoms. The Kier molecular flexibility index (Phi) is 3.39. The van der Waals surface area contributed by atoms with Crippen LogP contribution in [-0.2, 0) is 4.79 Å². The maximum atomic E-state index is 10.4. The van der Waals surface area contributed by atoms with Gasteiger partial charge in [0.25, 0.3) is 0 Å². The number of rotatable bonds is 3. The van der Waals surface area contributed by atoms with Gasteiger partial charge in [0.15, 0.2) is 5.78 Å². The Balaban J connectivity index is 3.46. The normalized spacial score (nSPS) is 13.4. The van der Waals surface area contributed by atoms with E-state index < -0.39 is 12.6 Å². The van der Waals surface area contributed by atoms with Crippen molar-refractivity contribution in [3.05, 3.63) is 0 Å². The summed E-state index contributed by atoms with van der Waals surface area (Å²) in [5, 5.41) is 8.21. The lowest BCUT2D eigenvalue weighted by Gasteiger charge is -2.01. The van der Waals surface area contributed by atoms with E-state index in [4.69, 9.17) is 10.8 Å². The summed E-state index contributed by atoms with van der Waals surface area (Å²) < 4.78 is 0. The van der Waals surface area contributed by atoms with Gasteiger partial charge in [0.05, 0.1) is 6.04 Å². The molecule has 0 amide bonds. The van der Waals surface area contributed by atoms with Crippen LogP contribution in [0.5, 0.6) is 0 Å². The first-order valence-corrected chi connectivity index (χ1v) is 2.61. The van der Waals surface area contributed by atoms with Crippen LogP contribution in [0.15, 0.2) is 0 Å². The van der Waals surface area contributed by atoms with Crippen molar-refractivity contribution in [1.29, 1.82) is 0 Å². The Hall–Kier alpha value is -0.410. The average Bonchev–Trinajstić information content (AvgIpc) is 1.84. The SMILES string of the molecule is CCC(N)C(=O)CO. The van der Waals surface area contributed by atoms with Crippen molar-refractivity contribution in [2.75, 3.05) is 6.61 Å². The van der Waals surface area contributed by atoms with Crippen LogP contribution in [0.3, 0.4) is 0 Å². The van der Waals surface area contributed by atoms with Gasteiger partial charge in [-0.15, -0.1) is 0 Å². The number of hydrogen-bond donors (Lipinski definition) is 2. The second-order valence-corrected chi connectivity index (χ2v) is 1.64. The van der Waals surface area contributed by atoms with Crippen LogP contribution in [0.1, 0.15) is 13.3 Å². The Morgan fingerprint density at radius 2 is 2.38 bits per heavy atom. The molecular weight excluding hydrogens is 106 g/mol. The van der Waals surface area contributed by atoms with Crippen LogP contribution in [0.4, 0.5) is 0 Å². The zero-order valence-electron chi connectivity index (χ0n) is 4.92. The van der Waals surface area contributed by atoms with E-state index in [1.807, 2.05) is 0 Å². The predicted molar refractivity (Wildman–Crippen MR) is 30.4 cm³/mol. The molecule has 1 unspecified atom stereocenters. The molecule has 0 aromatic heterocycles. The third kappa shape index (κ3) is 2.04. The molecule has 0 aliphatic heterocycles. The number of carbonyl (C=O) groups is 1. The van der Waals surface area contributed by atoms with Crippen molar-refractivity contribution in [1.82, 2.24) is 0 Å². The third-order valence-corrected chi connectivity index (χ3v) is 1.01. The lowest BCUT2D eigenvalue weighted by Crippen LogP contribution is -2.31. The molecule has 48 valence electrons. The van der Waals surface area contributed by atoms with E-state index in [1.54, 1.807) is 6.92 Å². The van der Waals surface area contributed by atoms with Gasteiger partial charge in [0, 0.05) is 0 Å². The number of aliphatic hydroxyl groups excluding tert-OH is 1. The quantitative estimate of drug-likeness (QED) is 0.513. The molecule has 0 aromatic rings. The molecule has 0 spiro atoms. The first-order chi connectivity index (χ1) is 3.72. The van der Waals surface area contributed by atoms with E-state index in [-0.39, 0.29) is 5.78 Å². The van der Waals surface area contributed by atoms with Crippen molar-refractivity contribution in [2.24, 2.45) is 5.73 Å². The summed E-state index contributed by atoms with van der Waals surface area (Å²) >= 11 is 0. The summed E-state index contributed by atoms with van der Waals surface area (Å²) in [4.78, 5) is 10.4. The summed E-state index contributed by atoms with van der Waals surface area (Å²) in [6.45, 7) is 1.37. The van der Waals surface area contributed by atoms with Crippen molar-refractivity contribution in [2.45, 2.75) is 19.4 Å². The number of carbonyl (C=O) groups excluding carboxylic acids is 1. The summed E-state index contributed by atoms with van der Waals surface area (Å²) in [6.07, 6.45) is 0.597. The maximum Gasteiger partial charge on any atom is 0.174 e. The second-order valence-electron chi connectivity index (χ2n) is 1.64. The van der Waals surface area contributed by atoms with Crippen molar-refractivity contribution >= 4 is 5.78 Å². The van der Waals surface area contributed by atoms with E-state index in [9.17, 15) is 4.79 Å². The summed E-state index contributed by atoms with van der Waals surface area (Å²) in [5.41, 5.74) is 5.22. The standard InChI is InChI=1S/C5H11NO2/c1-2-4(6)5(8)3-7/h4,7H,2-3,6H2,1H3. The molecule has 0 aliphatic rings. The highest BCUT2D eigenvalue weighted by Crippen LogP contribution is 1.85. The Bertz CT molecular complexity index is 82.5. The van der Waals surface area contributed by atoms with Crippen LogP contribution in [0, 0.1) is 0 Å². The molecule has 0 saturated heterocycles. The summed E-state index contributed by atoms with van der Waals surface area (Å²) in [5.74, 6) is -0.285. The predicted octanol–water partition coefficient (Wildman–Crippen LogP) is -0.715. The zero-order valence-corrected chi connectivity index (χ0v) is 4.92. The molecule has 0 aromatic carbocycles. The molecular formula is C5H11NO2. The van der Waals surface area contributed by atoms with Crippen molar-refractivity contribution in [3.63, 3.8) is 0 Å². The van der Waals surface area contributed by atoms with Crippen LogP contribution >= 0.6 is 0 Å². The number of hydrogen-bond acceptors (Lipinski definition) is 3. The molecule has 3 heteroatoms. The third-order valence-electron chi connectivity index (χ3n) is 1.01. The van der Waals surface area contributed by atoms with Gasteiger partial charge in [-0.05, 0) is 6.42 Å². The van der Waals surface area contributed by atoms with Gasteiger partial charge < -0.3 is 10.8 Å². The van der Waals surface area contributed by atoms with Crippen LogP contribution in [-0.4, -0.2) is 23.5 Å². The largest absolute Gasteiger partial charge is 0.389 e. The maximum absolute atomic E-state index is 10.4. The first kappa shape index (κ1) is 7.59. The minimum Gasteiger partial charge on any atom is -0.389 e. The highest BCUT2D eigenvalue weighted by atomic mass is 16.3. The van der Waals surface area contributed by atoms with Gasteiger partial charge in [0.1, 0.15) is 6.61 Å². The summed E-state index contributed by atoms with van der Waals surface area (Å²) in [6, 6.07) is -0.472. The van der Waals surface area contributed by atoms with E-state index in [0.717, 1.165) is 0 Å². The molecule has 0 radical (unpaired) electrons. The smallest absolute Gasteiger partial charge is 0.174 e.